The molecule has 1 aliphatic rings. The van der Waals surface area contributed by atoms with Crippen molar-refractivity contribution in [2.75, 3.05) is 31.1 Å². The zero-order valence-corrected chi connectivity index (χ0v) is 16.4. The van der Waals surface area contributed by atoms with Crippen LogP contribution in [0.3, 0.4) is 0 Å². The maximum Gasteiger partial charge on any atom is 0.243 e. The Balaban J connectivity index is 1.52. The van der Waals surface area contributed by atoms with E-state index in [1.165, 1.54) is 4.31 Å². The third-order valence-electron chi connectivity index (χ3n) is 4.59. The number of sulfonamides is 1. The third-order valence-corrected chi connectivity index (χ3v) is 6.46. The zero-order chi connectivity index (χ0) is 20.6. The van der Waals surface area contributed by atoms with E-state index >= 15 is 0 Å². The molecule has 0 N–H and O–H groups in total. The van der Waals surface area contributed by atoms with Crippen molar-refractivity contribution in [2.24, 2.45) is 0 Å². The van der Waals surface area contributed by atoms with Gasteiger partial charge in [-0.25, -0.2) is 31.8 Å². The molecule has 1 fully saturated rings. The fraction of sp³-hybridized carbons (Fsp3) is 0.278. The Labute approximate surface area is 166 Å². The molecular formula is C18H18F2N6O2S. The first-order chi connectivity index (χ1) is 13.8. The lowest BCUT2D eigenvalue weighted by molar-refractivity contribution is 0.383. The van der Waals surface area contributed by atoms with Gasteiger partial charge in [0, 0.05) is 50.7 Å². The monoisotopic (exact) mass is 420 g/mol. The van der Waals surface area contributed by atoms with Crippen molar-refractivity contribution in [3.8, 4) is 5.82 Å². The first-order valence-corrected chi connectivity index (χ1v) is 10.3. The summed E-state index contributed by atoms with van der Waals surface area (Å²) >= 11 is 0. The van der Waals surface area contributed by atoms with Crippen molar-refractivity contribution >= 4 is 15.8 Å². The Hall–Kier alpha value is -2.92. The van der Waals surface area contributed by atoms with Gasteiger partial charge in [-0.3, -0.25) is 0 Å². The van der Waals surface area contributed by atoms with Gasteiger partial charge in [0.05, 0.1) is 4.90 Å². The number of anilines is 1. The van der Waals surface area contributed by atoms with Crippen LogP contribution in [0.2, 0.25) is 0 Å². The van der Waals surface area contributed by atoms with Crippen LogP contribution in [0.4, 0.5) is 14.6 Å². The van der Waals surface area contributed by atoms with Gasteiger partial charge >= 0.3 is 0 Å². The van der Waals surface area contributed by atoms with Crippen LogP contribution in [-0.4, -0.2) is 58.7 Å². The van der Waals surface area contributed by atoms with Gasteiger partial charge in [0.2, 0.25) is 10.0 Å². The molecule has 0 aliphatic carbocycles. The molecule has 0 spiro atoms. The normalized spacial score (nSPS) is 15.6. The Morgan fingerprint density at radius 1 is 0.931 bits per heavy atom. The van der Waals surface area contributed by atoms with E-state index in [9.17, 15) is 17.2 Å². The van der Waals surface area contributed by atoms with Gasteiger partial charge < -0.3 is 4.90 Å². The predicted molar refractivity (Wildman–Crippen MR) is 101 cm³/mol. The van der Waals surface area contributed by atoms with Crippen molar-refractivity contribution in [3.05, 3.63) is 60.2 Å². The van der Waals surface area contributed by atoms with Crippen LogP contribution in [0.25, 0.3) is 5.82 Å². The molecular weight excluding hydrogens is 402 g/mol. The van der Waals surface area contributed by atoms with Crippen molar-refractivity contribution < 1.29 is 17.2 Å². The highest BCUT2D eigenvalue weighted by Crippen LogP contribution is 2.22. The number of nitrogens with zero attached hydrogens (tertiary/aromatic N) is 6. The standard InChI is InChI=1S/C18H18F2N6O2S/c1-13-22-17(12-18(23-13)26-4-2-3-21-26)24-5-7-25(8-6-24)29(27,28)16-10-14(19)9-15(20)11-16/h2-4,9-12H,5-8H2,1H3. The lowest BCUT2D eigenvalue weighted by Gasteiger charge is -2.34. The van der Waals surface area contributed by atoms with Crippen LogP contribution < -0.4 is 4.90 Å². The van der Waals surface area contributed by atoms with Gasteiger partial charge in [-0.2, -0.15) is 9.40 Å². The SMILES string of the molecule is Cc1nc(N2CCN(S(=O)(=O)c3cc(F)cc(F)c3)CC2)cc(-n2cccn2)n1. The molecule has 1 aromatic carbocycles. The van der Waals surface area contributed by atoms with Crippen LogP contribution in [0.15, 0.2) is 47.6 Å². The summed E-state index contributed by atoms with van der Waals surface area (Å²) in [6.45, 7) is 2.87. The summed E-state index contributed by atoms with van der Waals surface area (Å²) in [6, 6.07) is 5.87. The van der Waals surface area contributed by atoms with Gasteiger partial charge in [0.25, 0.3) is 0 Å². The smallest absolute Gasteiger partial charge is 0.243 e. The highest BCUT2D eigenvalue weighted by Gasteiger charge is 2.30. The third kappa shape index (κ3) is 3.96. The molecule has 3 heterocycles. The second-order valence-electron chi connectivity index (χ2n) is 6.58. The van der Waals surface area contributed by atoms with Gasteiger partial charge in [-0.05, 0) is 25.1 Å². The van der Waals surface area contributed by atoms with Crippen molar-refractivity contribution in [2.45, 2.75) is 11.8 Å². The van der Waals surface area contributed by atoms with Crippen LogP contribution in [-0.2, 0) is 10.0 Å². The summed E-state index contributed by atoms with van der Waals surface area (Å²) in [6.07, 6.45) is 3.42. The molecule has 0 unspecified atom stereocenters. The van der Waals surface area contributed by atoms with E-state index in [1.54, 1.807) is 36.1 Å². The summed E-state index contributed by atoms with van der Waals surface area (Å²) in [4.78, 5) is 10.4. The Kier molecular flexibility index (Phi) is 5.01. The van der Waals surface area contributed by atoms with Crippen molar-refractivity contribution in [3.63, 3.8) is 0 Å². The Morgan fingerprint density at radius 3 is 2.21 bits per heavy atom. The Bertz CT molecular complexity index is 1110. The van der Waals surface area contributed by atoms with Gasteiger partial charge in [-0.1, -0.05) is 0 Å². The number of aryl methyl sites for hydroxylation is 1. The molecule has 3 aromatic rings. The molecule has 0 saturated carbocycles. The molecule has 1 aliphatic heterocycles. The number of benzene rings is 1. The number of aromatic nitrogens is 4. The molecule has 1 saturated heterocycles. The van der Waals surface area contributed by atoms with Gasteiger partial charge in [0.15, 0.2) is 5.82 Å². The van der Waals surface area contributed by atoms with Crippen molar-refractivity contribution in [1.29, 1.82) is 0 Å². The molecule has 0 atom stereocenters. The summed E-state index contributed by atoms with van der Waals surface area (Å²) in [5.41, 5.74) is 0. The van der Waals surface area contributed by atoms with Crippen LogP contribution in [0.5, 0.6) is 0 Å². The molecule has 2 aromatic heterocycles. The van der Waals surface area contributed by atoms with E-state index in [-0.39, 0.29) is 18.0 Å². The molecule has 29 heavy (non-hydrogen) atoms. The number of hydrogen-bond donors (Lipinski definition) is 0. The molecule has 8 nitrogen and oxygen atoms in total. The summed E-state index contributed by atoms with van der Waals surface area (Å²) in [5.74, 6) is -0.00688. The number of piperazine rings is 1. The maximum absolute atomic E-state index is 13.4. The van der Waals surface area contributed by atoms with Crippen LogP contribution in [0, 0.1) is 18.6 Å². The predicted octanol–water partition coefficient (Wildman–Crippen LogP) is 1.76. The van der Waals surface area contributed by atoms with Crippen molar-refractivity contribution in [1.82, 2.24) is 24.1 Å². The van der Waals surface area contributed by atoms with E-state index in [4.69, 9.17) is 0 Å². The summed E-state index contributed by atoms with van der Waals surface area (Å²) < 4.78 is 55.2. The average molecular weight is 420 g/mol. The minimum Gasteiger partial charge on any atom is -0.354 e. The van der Waals surface area contributed by atoms with Crippen LogP contribution >= 0.6 is 0 Å². The fourth-order valence-electron chi connectivity index (χ4n) is 3.20. The summed E-state index contributed by atoms with van der Waals surface area (Å²) in [7, 11) is -3.98. The lowest BCUT2D eigenvalue weighted by atomic mass is 10.3. The fourth-order valence-corrected chi connectivity index (χ4v) is 4.67. The largest absolute Gasteiger partial charge is 0.354 e. The number of rotatable bonds is 4. The van der Waals surface area contributed by atoms with E-state index in [0.29, 0.717) is 36.6 Å². The Morgan fingerprint density at radius 2 is 1.59 bits per heavy atom. The highest BCUT2D eigenvalue weighted by molar-refractivity contribution is 7.89. The molecule has 0 radical (unpaired) electrons. The zero-order valence-electron chi connectivity index (χ0n) is 15.5. The number of halogens is 2. The first kappa shape index (κ1) is 19.4. The molecule has 0 bridgehead atoms. The van der Waals surface area contributed by atoms with E-state index in [2.05, 4.69) is 15.1 Å². The maximum atomic E-state index is 13.4. The molecule has 152 valence electrons. The second-order valence-corrected chi connectivity index (χ2v) is 8.52. The first-order valence-electron chi connectivity index (χ1n) is 8.90. The minimum atomic E-state index is -3.98. The quantitative estimate of drug-likeness (QED) is 0.640. The van der Waals surface area contributed by atoms with Gasteiger partial charge in [-0.15, -0.1) is 0 Å². The average Bonchev–Trinajstić information content (AvgIpc) is 3.22. The lowest BCUT2D eigenvalue weighted by Crippen LogP contribution is -2.49. The molecule has 0 amide bonds. The van der Waals surface area contributed by atoms with E-state index in [1.807, 2.05) is 4.90 Å². The van der Waals surface area contributed by atoms with Crippen LogP contribution in [0.1, 0.15) is 5.82 Å². The second kappa shape index (κ2) is 7.48. The molecule has 11 heteroatoms. The number of hydrogen-bond acceptors (Lipinski definition) is 6. The minimum absolute atomic E-state index is 0.167. The highest BCUT2D eigenvalue weighted by atomic mass is 32.2. The van der Waals surface area contributed by atoms with Gasteiger partial charge in [0.1, 0.15) is 23.3 Å². The molecule has 4 rings (SSSR count). The van der Waals surface area contributed by atoms with E-state index in [0.717, 1.165) is 12.1 Å². The topological polar surface area (TPSA) is 84.2 Å². The van der Waals surface area contributed by atoms with E-state index < -0.39 is 21.7 Å². The summed E-state index contributed by atoms with van der Waals surface area (Å²) in [5, 5.41) is 4.17.